The third kappa shape index (κ3) is 10.6. The van der Waals surface area contributed by atoms with Crippen LogP contribution in [0.5, 0.6) is 11.5 Å². The van der Waals surface area contributed by atoms with Gasteiger partial charge < -0.3 is 14.5 Å². The van der Waals surface area contributed by atoms with Crippen molar-refractivity contribution >= 4 is 33.2 Å². The second kappa shape index (κ2) is 21.1. The van der Waals surface area contributed by atoms with Gasteiger partial charge in [-0.15, -0.1) is 0 Å². The van der Waals surface area contributed by atoms with Crippen LogP contribution in [-0.2, 0) is 16.2 Å². The molecule has 0 bridgehead atoms. The van der Waals surface area contributed by atoms with Crippen LogP contribution in [0.3, 0.4) is 0 Å². The summed E-state index contributed by atoms with van der Waals surface area (Å²) in [6.45, 7) is 33.1. The molecule has 3 heterocycles. The topological polar surface area (TPSA) is 33.5 Å². The van der Waals surface area contributed by atoms with Crippen molar-refractivity contribution in [1.29, 1.82) is 0 Å². The van der Waals surface area contributed by atoms with E-state index in [1.165, 1.54) is 72.4 Å². The molecule has 10 aromatic rings. The summed E-state index contributed by atoms with van der Waals surface area (Å²) in [6.07, 6.45) is 4.34. The molecule has 5 nitrogen and oxygen atoms in total. The highest BCUT2D eigenvalue weighted by atomic mass is 16.5. The molecule has 410 valence electrons. The van der Waals surface area contributed by atoms with Crippen LogP contribution in [-0.4, -0.2) is 16.2 Å². The van der Waals surface area contributed by atoms with Gasteiger partial charge in [-0.25, -0.2) is 4.98 Å². The average molecular weight is 1070 g/mol. The summed E-state index contributed by atoms with van der Waals surface area (Å²) in [7, 11) is 0. The fourth-order valence-electron chi connectivity index (χ4n) is 12.1. The first-order valence-electron chi connectivity index (χ1n) is 29.2. The smallest absolute Gasteiger partial charge is 0.137 e. The third-order valence-electron chi connectivity index (χ3n) is 17.1. The van der Waals surface area contributed by atoms with E-state index in [4.69, 9.17) is 9.72 Å². The van der Waals surface area contributed by atoms with Gasteiger partial charge in [-0.3, -0.25) is 4.57 Å². The molecular formula is C76H80N4O. The van der Waals surface area contributed by atoms with Crippen molar-refractivity contribution < 1.29 is 4.74 Å². The molecule has 81 heavy (non-hydrogen) atoms. The Hall–Kier alpha value is -8.15. The summed E-state index contributed by atoms with van der Waals surface area (Å²) in [5.74, 6) is 3.03. The molecule has 0 unspecified atom stereocenters. The first-order chi connectivity index (χ1) is 38.6. The van der Waals surface area contributed by atoms with Crippen molar-refractivity contribution in [3.05, 3.63) is 251 Å². The Bertz CT molecular complexity index is 3860. The average Bonchev–Trinajstić information content (AvgIpc) is 4.25. The highest BCUT2D eigenvalue weighted by molar-refractivity contribution is 6.10. The molecule has 0 N–H and O–H groups in total. The number of benzene rings is 8. The normalized spacial score (nSPS) is 13.5. The minimum atomic E-state index is -0.266. The van der Waals surface area contributed by atoms with E-state index >= 15 is 0 Å². The minimum absolute atomic E-state index is 0.0572. The lowest BCUT2D eigenvalue weighted by Crippen LogP contribution is -2.32. The first kappa shape index (κ1) is 54.8. The quantitative estimate of drug-likeness (QED) is 0.115. The lowest BCUT2D eigenvalue weighted by molar-refractivity contribution is 0.483. The zero-order valence-electron chi connectivity index (χ0n) is 50.2. The fourth-order valence-corrected chi connectivity index (χ4v) is 12.1. The van der Waals surface area contributed by atoms with E-state index in [0.29, 0.717) is 18.5 Å². The summed E-state index contributed by atoms with van der Waals surface area (Å²) in [6, 6.07) is 71.5. The van der Waals surface area contributed by atoms with E-state index in [1.807, 2.05) is 6.20 Å². The third-order valence-corrected chi connectivity index (χ3v) is 17.1. The Kier molecular flexibility index (Phi) is 14.2. The molecule has 0 amide bonds. The molecule has 0 atom stereocenters. The number of aromatic nitrogens is 2. The Morgan fingerprint density at radius 3 is 1.62 bits per heavy atom. The van der Waals surface area contributed by atoms with Crippen LogP contribution in [0.15, 0.2) is 212 Å². The number of allylic oxidation sites excluding steroid dienone is 1. The van der Waals surface area contributed by atoms with E-state index in [-0.39, 0.29) is 21.7 Å². The molecule has 0 fully saturated rings. The van der Waals surface area contributed by atoms with Gasteiger partial charge in [0, 0.05) is 68.6 Å². The van der Waals surface area contributed by atoms with Crippen molar-refractivity contribution in [3.63, 3.8) is 0 Å². The lowest BCUT2D eigenvalue weighted by Gasteiger charge is -2.35. The number of nitrogens with zero attached hydrogens (tertiary/aromatic N) is 4. The summed E-state index contributed by atoms with van der Waals surface area (Å²) < 4.78 is 9.63. The molecule has 0 saturated carbocycles. The first-order valence-corrected chi connectivity index (χ1v) is 29.2. The molecule has 0 aliphatic carbocycles. The van der Waals surface area contributed by atoms with Gasteiger partial charge in [0.25, 0.3) is 0 Å². The SMILES string of the molecule is CC(C)c1cccc(C(C)C)c1-c1cc(Oc2ccc3c4cc(-c5ccccc5)ccc4n(-c4cc(C(C)(C)C)ccn4)c3c2)cc(N2C=C(C(C)(C)C)N(c3cc(C(C)(C)c4ccccc4)cc(C(C)(C)c4ccccc4)c3)C2)c1. The maximum Gasteiger partial charge on any atom is 0.137 e. The maximum atomic E-state index is 7.31. The zero-order valence-corrected chi connectivity index (χ0v) is 50.2. The predicted octanol–water partition coefficient (Wildman–Crippen LogP) is 20.7. The second-order valence-corrected chi connectivity index (χ2v) is 26.3. The number of anilines is 2. The van der Waals surface area contributed by atoms with E-state index in [0.717, 1.165) is 45.0 Å². The van der Waals surface area contributed by atoms with Gasteiger partial charge in [0.05, 0.1) is 17.7 Å². The highest BCUT2D eigenvalue weighted by Gasteiger charge is 2.35. The van der Waals surface area contributed by atoms with Gasteiger partial charge in [0.2, 0.25) is 0 Å². The summed E-state index contributed by atoms with van der Waals surface area (Å²) in [5, 5.41) is 2.31. The molecule has 1 aliphatic heterocycles. The molecule has 1 aliphatic rings. The molecule has 0 radical (unpaired) electrons. The Balaban J connectivity index is 1.07. The van der Waals surface area contributed by atoms with Gasteiger partial charge in [0.15, 0.2) is 0 Å². The molecule has 2 aromatic heterocycles. The Labute approximate surface area is 482 Å². The van der Waals surface area contributed by atoms with Crippen molar-refractivity contribution in [2.45, 2.75) is 125 Å². The Morgan fingerprint density at radius 2 is 1.04 bits per heavy atom. The van der Waals surface area contributed by atoms with Crippen LogP contribution >= 0.6 is 0 Å². The molecule has 11 rings (SSSR count). The molecule has 8 aromatic carbocycles. The van der Waals surface area contributed by atoms with Crippen LogP contribution < -0.4 is 14.5 Å². The summed E-state index contributed by atoms with van der Waals surface area (Å²) >= 11 is 0. The van der Waals surface area contributed by atoms with Gasteiger partial charge in [-0.05, 0) is 139 Å². The van der Waals surface area contributed by atoms with Gasteiger partial charge in [-0.1, -0.05) is 218 Å². The molecule has 5 heteroatoms. The van der Waals surface area contributed by atoms with Crippen molar-refractivity contribution in [3.8, 4) is 39.6 Å². The maximum absolute atomic E-state index is 7.31. The fraction of sp³-hybridized carbons (Fsp3) is 0.276. The largest absolute Gasteiger partial charge is 0.457 e. The number of ether oxygens (including phenoxy) is 1. The number of pyridine rings is 1. The minimum Gasteiger partial charge on any atom is -0.457 e. The van der Waals surface area contributed by atoms with Crippen molar-refractivity contribution in [1.82, 2.24) is 9.55 Å². The Morgan fingerprint density at radius 1 is 0.432 bits per heavy atom. The van der Waals surface area contributed by atoms with E-state index in [2.05, 4.69) is 312 Å². The number of hydrogen-bond donors (Lipinski definition) is 0. The van der Waals surface area contributed by atoms with Gasteiger partial charge >= 0.3 is 0 Å². The van der Waals surface area contributed by atoms with Crippen LogP contribution in [0.1, 0.15) is 148 Å². The lowest BCUT2D eigenvalue weighted by atomic mass is 9.73. The van der Waals surface area contributed by atoms with E-state index in [9.17, 15) is 0 Å². The molecular weight excluding hydrogens is 985 g/mol. The van der Waals surface area contributed by atoms with Crippen LogP contribution in [0.4, 0.5) is 11.4 Å². The van der Waals surface area contributed by atoms with Crippen LogP contribution in [0.25, 0.3) is 49.9 Å². The predicted molar refractivity (Wildman–Crippen MR) is 344 cm³/mol. The van der Waals surface area contributed by atoms with Crippen molar-refractivity contribution in [2.75, 3.05) is 16.5 Å². The van der Waals surface area contributed by atoms with E-state index < -0.39 is 0 Å². The summed E-state index contributed by atoms with van der Waals surface area (Å²) in [5.41, 5.74) is 18.7. The van der Waals surface area contributed by atoms with Gasteiger partial charge in [0.1, 0.15) is 17.3 Å². The van der Waals surface area contributed by atoms with E-state index in [1.54, 1.807) is 0 Å². The highest BCUT2D eigenvalue weighted by Crippen LogP contribution is 2.47. The number of rotatable bonds is 13. The number of hydrogen-bond acceptors (Lipinski definition) is 4. The molecule has 0 saturated heterocycles. The molecule has 0 spiro atoms. The monoisotopic (exact) mass is 1060 g/mol. The van der Waals surface area contributed by atoms with Crippen molar-refractivity contribution in [2.24, 2.45) is 5.41 Å². The summed E-state index contributed by atoms with van der Waals surface area (Å²) in [4.78, 5) is 10.1. The second-order valence-electron chi connectivity index (χ2n) is 26.3. The van der Waals surface area contributed by atoms with Crippen LogP contribution in [0.2, 0.25) is 0 Å². The van der Waals surface area contributed by atoms with Crippen LogP contribution in [0, 0.1) is 5.41 Å². The number of fused-ring (bicyclic) bond motifs is 3. The van der Waals surface area contributed by atoms with Gasteiger partial charge in [-0.2, -0.15) is 0 Å². The zero-order chi connectivity index (χ0) is 57.2. The standard InChI is InChI=1S/C76H80N4O/c1-50(2)64-31-24-32-65(51(3)4)72(64)54-39-60(78-48-70(74(8,9)10)79(49-78)61-43-58(75(11,12)55-27-20-16-21-28-55)42-59(44-61)76(13,14)56-29-22-17-23-30-56)46-63(40-54)81-62-34-35-66-67-41-53(52-25-18-15-19-26-52)33-36-68(67)80(69(66)47-62)71-45-57(37-38-77-71)73(5,6)7/h15-48,50-51H,49H2,1-14H3.